The molecule has 2 fully saturated rings. The van der Waals surface area contributed by atoms with Crippen molar-refractivity contribution in [3.63, 3.8) is 0 Å². The van der Waals surface area contributed by atoms with Gasteiger partial charge in [-0.15, -0.1) is 12.4 Å². The number of carbonyl (C=O) groups excluding carboxylic acids is 1. The van der Waals surface area contributed by atoms with Crippen molar-refractivity contribution in [1.82, 2.24) is 10.6 Å². The van der Waals surface area contributed by atoms with Gasteiger partial charge in [0.25, 0.3) is 0 Å². The predicted molar refractivity (Wildman–Crippen MR) is 69.2 cm³/mol. The van der Waals surface area contributed by atoms with Crippen LogP contribution in [0.25, 0.3) is 0 Å². The molecule has 0 spiro atoms. The number of β-amino-alcohol motifs (C(OH)–C–C–N with tert-alkyl or cyclic N) is 1. The van der Waals surface area contributed by atoms with E-state index in [2.05, 4.69) is 17.6 Å². The van der Waals surface area contributed by atoms with Crippen LogP contribution in [0.1, 0.15) is 32.6 Å². The second kappa shape index (κ2) is 6.03. The standard InChI is InChI=1S/C12H22N2O2.ClH/c1-12(4-2-3-5-12)11(16)14-7-9-6-13-8-10(9)15;/h9-10,13,15H,2-8H2,1H3,(H,14,16);1H. The molecule has 0 aromatic rings. The summed E-state index contributed by atoms with van der Waals surface area (Å²) in [4.78, 5) is 12.0. The number of halogens is 1. The van der Waals surface area contributed by atoms with Crippen LogP contribution in [0.5, 0.6) is 0 Å². The lowest BCUT2D eigenvalue weighted by molar-refractivity contribution is -0.130. The molecule has 0 aromatic carbocycles. The summed E-state index contributed by atoms with van der Waals surface area (Å²) in [5.74, 6) is 0.345. The molecule has 2 atom stereocenters. The molecule has 2 aliphatic rings. The third-order valence-corrected chi connectivity index (χ3v) is 4.08. The van der Waals surface area contributed by atoms with Gasteiger partial charge in [0.05, 0.1) is 6.10 Å². The summed E-state index contributed by atoms with van der Waals surface area (Å²) < 4.78 is 0. The van der Waals surface area contributed by atoms with Gasteiger partial charge in [-0.2, -0.15) is 0 Å². The molecule has 1 aliphatic carbocycles. The summed E-state index contributed by atoms with van der Waals surface area (Å²) >= 11 is 0. The number of rotatable bonds is 3. The van der Waals surface area contributed by atoms with Gasteiger partial charge in [-0.3, -0.25) is 4.79 Å². The third kappa shape index (κ3) is 3.33. The minimum Gasteiger partial charge on any atom is -0.391 e. The lowest BCUT2D eigenvalue weighted by Gasteiger charge is -2.24. The fourth-order valence-electron chi connectivity index (χ4n) is 2.75. The highest BCUT2D eigenvalue weighted by atomic mass is 35.5. The number of hydrogen-bond acceptors (Lipinski definition) is 3. The number of carbonyl (C=O) groups is 1. The van der Waals surface area contributed by atoms with E-state index < -0.39 is 0 Å². The molecule has 2 unspecified atom stereocenters. The molecule has 4 nitrogen and oxygen atoms in total. The highest BCUT2D eigenvalue weighted by Crippen LogP contribution is 2.37. The van der Waals surface area contributed by atoms with Gasteiger partial charge in [-0.25, -0.2) is 0 Å². The smallest absolute Gasteiger partial charge is 0.225 e. The minimum atomic E-state index is -0.309. The zero-order valence-corrected chi connectivity index (χ0v) is 11.2. The van der Waals surface area contributed by atoms with Crippen LogP contribution in [0.3, 0.4) is 0 Å². The van der Waals surface area contributed by atoms with Crippen LogP contribution in [0, 0.1) is 11.3 Å². The van der Waals surface area contributed by atoms with Gasteiger partial charge < -0.3 is 15.7 Å². The van der Waals surface area contributed by atoms with E-state index in [1.54, 1.807) is 0 Å². The van der Waals surface area contributed by atoms with E-state index in [1.807, 2.05) is 0 Å². The van der Waals surface area contributed by atoms with Crippen molar-refractivity contribution >= 4 is 18.3 Å². The third-order valence-electron chi connectivity index (χ3n) is 4.08. The highest BCUT2D eigenvalue weighted by molar-refractivity contribution is 5.85. The van der Waals surface area contributed by atoms with Crippen molar-refractivity contribution in [3.8, 4) is 0 Å². The van der Waals surface area contributed by atoms with Gasteiger partial charge in [-0.1, -0.05) is 19.8 Å². The summed E-state index contributed by atoms with van der Waals surface area (Å²) in [5, 5.41) is 15.7. The van der Waals surface area contributed by atoms with Crippen LogP contribution in [0.2, 0.25) is 0 Å². The zero-order chi connectivity index (χ0) is 11.6. The molecule has 3 N–H and O–H groups in total. The van der Waals surface area contributed by atoms with E-state index >= 15 is 0 Å². The average molecular weight is 263 g/mol. The second-order valence-electron chi connectivity index (χ2n) is 5.46. The van der Waals surface area contributed by atoms with E-state index in [-0.39, 0.29) is 35.8 Å². The first-order valence-electron chi connectivity index (χ1n) is 6.29. The fraction of sp³-hybridized carbons (Fsp3) is 0.917. The lowest BCUT2D eigenvalue weighted by atomic mass is 9.87. The lowest BCUT2D eigenvalue weighted by Crippen LogP contribution is -2.41. The molecule has 5 heteroatoms. The van der Waals surface area contributed by atoms with Gasteiger partial charge in [-0.05, 0) is 12.8 Å². The highest BCUT2D eigenvalue weighted by Gasteiger charge is 2.36. The predicted octanol–water partition coefficient (Wildman–Crippen LogP) is 0.685. The average Bonchev–Trinajstić information content (AvgIpc) is 2.85. The Labute approximate surface area is 109 Å². The maximum atomic E-state index is 12.0. The summed E-state index contributed by atoms with van der Waals surface area (Å²) in [6.07, 6.45) is 4.03. The molecule has 1 saturated carbocycles. The SMILES string of the molecule is CC1(C(=O)NCC2CNCC2O)CCCC1.Cl. The molecule has 1 saturated heterocycles. The molecular formula is C12H23ClN2O2. The van der Waals surface area contributed by atoms with Crippen molar-refractivity contribution in [2.75, 3.05) is 19.6 Å². The summed E-state index contributed by atoms with van der Waals surface area (Å²) in [6, 6.07) is 0. The molecule has 17 heavy (non-hydrogen) atoms. The quantitative estimate of drug-likeness (QED) is 0.701. The van der Waals surface area contributed by atoms with E-state index in [0.717, 1.165) is 32.2 Å². The Morgan fingerprint density at radius 1 is 1.41 bits per heavy atom. The van der Waals surface area contributed by atoms with Crippen LogP contribution in [0.15, 0.2) is 0 Å². The number of nitrogens with one attached hydrogen (secondary N) is 2. The maximum Gasteiger partial charge on any atom is 0.225 e. The van der Waals surface area contributed by atoms with E-state index in [9.17, 15) is 9.90 Å². The van der Waals surface area contributed by atoms with E-state index in [4.69, 9.17) is 0 Å². The normalized spacial score (nSPS) is 30.9. The van der Waals surface area contributed by atoms with Gasteiger partial charge in [0, 0.05) is 31.0 Å². The maximum absolute atomic E-state index is 12.0. The Hall–Kier alpha value is -0.320. The summed E-state index contributed by atoms with van der Waals surface area (Å²) in [6.45, 7) is 4.11. The molecule has 0 radical (unpaired) electrons. The second-order valence-corrected chi connectivity index (χ2v) is 5.46. The number of amides is 1. The van der Waals surface area contributed by atoms with E-state index in [0.29, 0.717) is 13.1 Å². The first-order chi connectivity index (χ1) is 7.62. The van der Waals surface area contributed by atoms with Crippen molar-refractivity contribution in [1.29, 1.82) is 0 Å². The van der Waals surface area contributed by atoms with Crippen LogP contribution in [-0.4, -0.2) is 36.8 Å². The van der Waals surface area contributed by atoms with Crippen LogP contribution in [0.4, 0.5) is 0 Å². The molecule has 1 amide bonds. The van der Waals surface area contributed by atoms with Crippen molar-refractivity contribution in [3.05, 3.63) is 0 Å². The number of aliphatic hydroxyl groups is 1. The van der Waals surface area contributed by atoms with Gasteiger partial charge in [0.2, 0.25) is 5.91 Å². The first-order valence-corrected chi connectivity index (χ1v) is 6.29. The summed E-state index contributed by atoms with van der Waals surface area (Å²) in [5.41, 5.74) is -0.156. The Morgan fingerprint density at radius 3 is 2.59 bits per heavy atom. The van der Waals surface area contributed by atoms with E-state index in [1.165, 1.54) is 0 Å². The Balaban J connectivity index is 0.00000144. The minimum absolute atomic E-state index is 0. The largest absolute Gasteiger partial charge is 0.391 e. The van der Waals surface area contributed by atoms with Crippen LogP contribution >= 0.6 is 12.4 Å². The Kier molecular flexibility index (Phi) is 5.22. The molecule has 2 rings (SSSR count). The number of aliphatic hydroxyl groups excluding tert-OH is 1. The molecular weight excluding hydrogens is 240 g/mol. The zero-order valence-electron chi connectivity index (χ0n) is 10.4. The Bertz CT molecular complexity index is 267. The Morgan fingerprint density at radius 2 is 2.06 bits per heavy atom. The fourth-order valence-corrected chi connectivity index (χ4v) is 2.75. The van der Waals surface area contributed by atoms with Gasteiger partial charge >= 0.3 is 0 Å². The summed E-state index contributed by atoms with van der Waals surface area (Å²) in [7, 11) is 0. The number of hydrogen-bond donors (Lipinski definition) is 3. The van der Waals surface area contributed by atoms with Crippen LogP contribution in [-0.2, 0) is 4.79 Å². The first kappa shape index (κ1) is 14.7. The molecule has 0 aromatic heterocycles. The molecule has 1 aliphatic heterocycles. The topological polar surface area (TPSA) is 61.4 Å². The van der Waals surface area contributed by atoms with Crippen molar-refractivity contribution in [2.24, 2.45) is 11.3 Å². The van der Waals surface area contributed by atoms with Gasteiger partial charge in [0.15, 0.2) is 0 Å². The van der Waals surface area contributed by atoms with Crippen molar-refractivity contribution < 1.29 is 9.90 Å². The monoisotopic (exact) mass is 262 g/mol. The van der Waals surface area contributed by atoms with Crippen LogP contribution < -0.4 is 10.6 Å². The molecule has 1 heterocycles. The molecule has 100 valence electrons. The van der Waals surface area contributed by atoms with Gasteiger partial charge in [0.1, 0.15) is 0 Å². The van der Waals surface area contributed by atoms with Crippen molar-refractivity contribution in [2.45, 2.75) is 38.7 Å². The molecule has 0 bridgehead atoms.